The summed E-state index contributed by atoms with van der Waals surface area (Å²) in [5.74, 6) is 1.64. The molecule has 0 bridgehead atoms. The van der Waals surface area contributed by atoms with Crippen molar-refractivity contribution in [1.29, 1.82) is 0 Å². The van der Waals surface area contributed by atoms with Gasteiger partial charge in [0.2, 0.25) is 15.9 Å². The molecule has 33 heavy (non-hydrogen) atoms. The number of rotatable bonds is 7. The van der Waals surface area contributed by atoms with Crippen molar-refractivity contribution >= 4 is 33.4 Å². The molecular weight excluding hydrogens is 458 g/mol. The van der Waals surface area contributed by atoms with E-state index in [2.05, 4.69) is 11.0 Å². The minimum Gasteiger partial charge on any atom is -0.495 e. The molecule has 0 saturated carbocycles. The Bertz CT molecular complexity index is 1100. The molecule has 178 valence electrons. The Kier molecular flexibility index (Phi) is 7.51. The van der Waals surface area contributed by atoms with Crippen LogP contribution in [0.1, 0.15) is 17.5 Å². The van der Waals surface area contributed by atoms with Crippen molar-refractivity contribution in [2.24, 2.45) is 0 Å². The average molecular weight is 490 g/mol. The molecule has 1 saturated heterocycles. The summed E-state index contributed by atoms with van der Waals surface area (Å²) >= 11 is 1.67. The first-order valence-electron chi connectivity index (χ1n) is 11.2. The van der Waals surface area contributed by atoms with Crippen LogP contribution in [0.5, 0.6) is 5.75 Å². The SMILES string of the molecule is COc1ccc(S(=O)(=O)N2CCc3ccccc3C2)cc1N1CCN(C(=O)CCSC)CC1. The summed E-state index contributed by atoms with van der Waals surface area (Å²) in [5.41, 5.74) is 3.03. The molecule has 2 aliphatic heterocycles. The first-order chi connectivity index (χ1) is 15.9. The number of ether oxygens (including phenoxy) is 1. The van der Waals surface area contributed by atoms with Gasteiger partial charge in [-0.2, -0.15) is 16.1 Å². The number of thioether (sulfide) groups is 1. The molecule has 0 spiro atoms. The van der Waals surface area contributed by atoms with E-state index in [4.69, 9.17) is 4.74 Å². The lowest BCUT2D eigenvalue weighted by Crippen LogP contribution is -2.49. The summed E-state index contributed by atoms with van der Waals surface area (Å²) < 4.78 is 34.1. The van der Waals surface area contributed by atoms with E-state index in [-0.39, 0.29) is 10.8 Å². The van der Waals surface area contributed by atoms with Gasteiger partial charge in [0.25, 0.3) is 0 Å². The number of carbonyl (C=O) groups excluding carboxylic acids is 1. The van der Waals surface area contributed by atoms with Gasteiger partial charge in [-0.05, 0) is 42.0 Å². The predicted molar refractivity (Wildman–Crippen MR) is 133 cm³/mol. The third-order valence-corrected chi connectivity index (χ3v) is 8.83. The monoisotopic (exact) mass is 489 g/mol. The van der Waals surface area contributed by atoms with Crippen LogP contribution in [-0.2, 0) is 27.8 Å². The number of hydrogen-bond donors (Lipinski definition) is 0. The van der Waals surface area contributed by atoms with Gasteiger partial charge in [0.15, 0.2) is 0 Å². The number of anilines is 1. The normalized spacial score (nSPS) is 17.0. The van der Waals surface area contributed by atoms with Gasteiger partial charge in [-0.3, -0.25) is 4.79 Å². The summed E-state index contributed by atoms with van der Waals surface area (Å²) in [6.07, 6.45) is 3.27. The number of fused-ring (bicyclic) bond motifs is 1. The van der Waals surface area contributed by atoms with Gasteiger partial charge in [-0.25, -0.2) is 8.42 Å². The van der Waals surface area contributed by atoms with Gasteiger partial charge < -0.3 is 14.5 Å². The van der Waals surface area contributed by atoms with Crippen molar-refractivity contribution in [1.82, 2.24) is 9.21 Å². The summed E-state index contributed by atoms with van der Waals surface area (Å²) in [4.78, 5) is 16.6. The van der Waals surface area contributed by atoms with Gasteiger partial charge in [-0.1, -0.05) is 24.3 Å². The zero-order valence-electron chi connectivity index (χ0n) is 19.2. The smallest absolute Gasteiger partial charge is 0.243 e. The molecule has 1 amide bonds. The second-order valence-corrected chi connectivity index (χ2v) is 11.2. The Morgan fingerprint density at radius 1 is 1.03 bits per heavy atom. The van der Waals surface area contributed by atoms with Crippen molar-refractivity contribution in [3.63, 3.8) is 0 Å². The molecule has 0 radical (unpaired) electrons. The first-order valence-corrected chi connectivity index (χ1v) is 14.0. The van der Waals surface area contributed by atoms with E-state index < -0.39 is 10.0 Å². The van der Waals surface area contributed by atoms with E-state index in [9.17, 15) is 13.2 Å². The van der Waals surface area contributed by atoms with Crippen LogP contribution in [0.15, 0.2) is 47.4 Å². The van der Waals surface area contributed by atoms with Crippen LogP contribution in [0.4, 0.5) is 5.69 Å². The fraction of sp³-hybridized carbons (Fsp3) is 0.458. The fourth-order valence-corrected chi connectivity index (χ4v) is 6.26. The van der Waals surface area contributed by atoms with Gasteiger partial charge in [0.05, 0.1) is 17.7 Å². The van der Waals surface area contributed by atoms with E-state index in [1.807, 2.05) is 29.4 Å². The van der Waals surface area contributed by atoms with Crippen molar-refractivity contribution in [3.05, 3.63) is 53.6 Å². The van der Waals surface area contributed by atoms with Crippen LogP contribution in [0.2, 0.25) is 0 Å². The fourth-order valence-electron chi connectivity index (χ4n) is 4.45. The molecular formula is C24H31N3O4S2. The highest BCUT2D eigenvalue weighted by atomic mass is 32.2. The lowest BCUT2D eigenvalue weighted by Gasteiger charge is -2.37. The molecule has 2 aromatic rings. The highest BCUT2D eigenvalue weighted by Crippen LogP contribution is 2.34. The van der Waals surface area contributed by atoms with E-state index >= 15 is 0 Å². The molecule has 0 aliphatic carbocycles. The van der Waals surface area contributed by atoms with E-state index in [1.165, 1.54) is 5.56 Å². The average Bonchev–Trinajstić information content (AvgIpc) is 2.86. The van der Waals surface area contributed by atoms with Gasteiger partial charge in [0.1, 0.15) is 5.75 Å². The maximum absolute atomic E-state index is 13.5. The number of carbonyl (C=O) groups is 1. The van der Waals surface area contributed by atoms with Gasteiger partial charge in [0, 0.05) is 51.4 Å². The molecule has 0 unspecified atom stereocenters. The Morgan fingerprint density at radius 2 is 1.76 bits per heavy atom. The standard InChI is InChI=1S/C24H31N3O4S2/c1-31-23-8-7-21(33(29,30)27-11-9-19-5-3-4-6-20(19)18-27)17-22(23)25-12-14-26(15-13-25)24(28)10-16-32-2/h3-8,17H,9-16,18H2,1-2H3. The second-order valence-electron chi connectivity index (χ2n) is 8.30. The topological polar surface area (TPSA) is 70.2 Å². The van der Waals surface area contributed by atoms with Crippen molar-refractivity contribution in [2.45, 2.75) is 24.3 Å². The van der Waals surface area contributed by atoms with Crippen LogP contribution in [-0.4, -0.2) is 75.4 Å². The van der Waals surface area contributed by atoms with Gasteiger partial charge >= 0.3 is 0 Å². The summed E-state index contributed by atoms with van der Waals surface area (Å²) in [5, 5.41) is 0. The molecule has 0 aromatic heterocycles. The molecule has 1 fully saturated rings. The Hall–Kier alpha value is -2.23. The molecule has 7 nitrogen and oxygen atoms in total. The van der Waals surface area contributed by atoms with Crippen molar-refractivity contribution in [2.75, 3.05) is 56.7 Å². The van der Waals surface area contributed by atoms with Crippen LogP contribution in [0, 0.1) is 0 Å². The van der Waals surface area contributed by atoms with Crippen LogP contribution in [0.3, 0.4) is 0 Å². The van der Waals surface area contributed by atoms with Crippen LogP contribution >= 0.6 is 11.8 Å². The predicted octanol–water partition coefficient (Wildman–Crippen LogP) is 2.84. The molecule has 4 rings (SSSR count). The lowest BCUT2D eigenvalue weighted by molar-refractivity contribution is -0.131. The minimum atomic E-state index is -3.64. The summed E-state index contributed by atoms with van der Waals surface area (Å²) in [6, 6.07) is 13.1. The Balaban J connectivity index is 1.52. The molecule has 0 N–H and O–H groups in total. The van der Waals surface area contributed by atoms with Gasteiger partial charge in [-0.15, -0.1) is 0 Å². The number of hydrogen-bond acceptors (Lipinski definition) is 6. The number of methoxy groups -OCH3 is 1. The maximum atomic E-state index is 13.5. The largest absolute Gasteiger partial charge is 0.495 e. The summed E-state index contributed by atoms with van der Waals surface area (Å²) in [6.45, 7) is 3.38. The molecule has 2 aromatic carbocycles. The number of piperazine rings is 1. The second kappa shape index (κ2) is 10.4. The van der Waals surface area contributed by atoms with Crippen molar-refractivity contribution in [3.8, 4) is 5.75 Å². The maximum Gasteiger partial charge on any atom is 0.243 e. The minimum absolute atomic E-state index is 0.178. The first kappa shape index (κ1) is 23.9. The molecule has 2 aliphatic rings. The molecule has 9 heteroatoms. The highest BCUT2D eigenvalue weighted by Gasteiger charge is 2.30. The van der Waals surface area contributed by atoms with Crippen LogP contribution < -0.4 is 9.64 Å². The zero-order chi connectivity index (χ0) is 23.4. The van der Waals surface area contributed by atoms with E-state index in [0.29, 0.717) is 57.9 Å². The quantitative estimate of drug-likeness (QED) is 0.596. The lowest BCUT2D eigenvalue weighted by atomic mass is 10.0. The zero-order valence-corrected chi connectivity index (χ0v) is 20.8. The highest BCUT2D eigenvalue weighted by molar-refractivity contribution is 7.98. The van der Waals surface area contributed by atoms with E-state index in [1.54, 1.807) is 41.4 Å². The number of nitrogens with zero attached hydrogens (tertiary/aromatic N) is 3. The molecule has 2 heterocycles. The third-order valence-electron chi connectivity index (χ3n) is 6.38. The Morgan fingerprint density at radius 3 is 2.45 bits per heavy atom. The third kappa shape index (κ3) is 5.15. The summed E-state index contributed by atoms with van der Waals surface area (Å²) in [7, 11) is -2.05. The number of benzene rings is 2. The van der Waals surface area contributed by atoms with E-state index in [0.717, 1.165) is 17.0 Å². The number of sulfonamides is 1. The van der Waals surface area contributed by atoms with Crippen molar-refractivity contribution < 1.29 is 17.9 Å². The molecule has 0 atom stereocenters. The Labute approximate surface area is 200 Å². The number of amides is 1. The van der Waals surface area contributed by atoms with Crippen LogP contribution in [0.25, 0.3) is 0 Å².